The molecule has 2 aromatic rings. The number of hydrogen-bond donors (Lipinski definition) is 2. The van der Waals surface area contributed by atoms with Crippen LogP contribution < -0.4 is 5.32 Å². The molecule has 3 rings (SSSR count). The lowest BCUT2D eigenvalue weighted by Crippen LogP contribution is -2.42. The summed E-state index contributed by atoms with van der Waals surface area (Å²) in [7, 11) is 0. The molecule has 18 heavy (non-hydrogen) atoms. The second-order valence-electron chi connectivity index (χ2n) is 4.46. The van der Waals surface area contributed by atoms with Crippen molar-refractivity contribution in [2.75, 3.05) is 26.2 Å². The maximum Gasteiger partial charge on any atom is 0.204 e. The topological polar surface area (TPSA) is 69.7 Å². The van der Waals surface area contributed by atoms with Gasteiger partial charge in [-0.2, -0.15) is 5.21 Å². The Morgan fingerprint density at radius 2 is 1.89 bits per heavy atom. The first-order chi connectivity index (χ1) is 8.92. The first-order valence-corrected chi connectivity index (χ1v) is 6.18. The maximum absolute atomic E-state index is 3.97. The van der Waals surface area contributed by atoms with E-state index in [0.29, 0.717) is 5.82 Å². The number of piperazine rings is 1. The molecule has 0 bridgehead atoms. The van der Waals surface area contributed by atoms with E-state index in [1.54, 1.807) is 0 Å². The quantitative estimate of drug-likeness (QED) is 0.811. The molecule has 1 aromatic carbocycles. The number of nitrogens with one attached hydrogen (secondary N) is 2. The lowest BCUT2D eigenvalue weighted by molar-refractivity contribution is 0.233. The van der Waals surface area contributed by atoms with Crippen molar-refractivity contribution in [1.82, 2.24) is 30.8 Å². The molecule has 0 atom stereocenters. The highest BCUT2D eigenvalue weighted by Gasteiger charge is 2.10. The number of aromatic amines is 1. The van der Waals surface area contributed by atoms with E-state index in [4.69, 9.17) is 0 Å². The normalized spacial score (nSPS) is 16.9. The number of H-pyrrole nitrogens is 1. The minimum atomic E-state index is 0.642. The summed E-state index contributed by atoms with van der Waals surface area (Å²) in [4.78, 5) is 2.46. The van der Waals surface area contributed by atoms with Gasteiger partial charge in [0.05, 0.1) is 0 Å². The van der Waals surface area contributed by atoms with Crippen molar-refractivity contribution in [3.63, 3.8) is 0 Å². The zero-order chi connectivity index (χ0) is 12.2. The predicted octanol–water partition coefficient (Wildman–Crippen LogP) is 0.272. The number of nitrogens with zero attached hydrogens (tertiary/aromatic N) is 4. The molecule has 0 saturated carbocycles. The molecular formula is C12H16N6. The zero-order valence-corrected chi connectivity index (χ0v) is 10.1. The van der Waals surface area contributed by atoms with Crippen molar-refractivity contribution in [3.8, 4) is 11.4 Å². The largest absolute Gasteiger partial charge is 0.314 e. The molecule has 2 N–H and O–H groups in total. The smallest absolute Gasteiger partial charge is 0.204 e. The Morgan fingerprint density at radius 3 is 2.56 bits per heavy atom. The third kappa shape index (κ3) is 2.55. The van der Waals surface area contributed by atoms with Gasteiger partial charge in [0.1, 0.15) is 0 Å². The van der Waals surface area contributed by atoms with Crippen molar-refractivity contribution in [2.24, 2.45) is 0 Å². The van der Waals surface area contributed by atoms with Crippen LogP contribution in [0.5, 0.6) is 0 Å². The van der Waals surface area contributed by atoms with Crippen LogP contribution in [0, 0.1) is 0 Å². The summed E-state index contributed by atoms with van der Waals surface area (Å²) < 4.78 is 0. The fourth-order valence-corrected chi connectivity index (χ4v) is 2.17. The lowest BCUT2D eigenvalue weighted by Gasteiger charge is -2.27. The van der Waals surface area contributed by atoms with Gasteiger partial charge in [-0.3, -0.25) is 4.90 Å². The van der Waals surface area contributed by atoms with E-state index in [1.807, 2.05) is 12.1 Å². The minimum absolute atomic E-state index is 0.642. The fraction of sp³-hybridized carbons (Fsp3) is 0.417. The SMILES string of the molecule is c1cc(-c2nn[nH]n2)ccc1CN1CCNCC1. The van der Waals surface area contributed by atoms with E-state index in [2.05, 4.69) is 43.0 Å². The molecule has 6 nitrogen and oxygen atoms in total. The monoisotopic (exact) mass is 244 g/mol. The van der Waals surface area contributed by atoms with Gasteiger partial charge in [-0.15, -0.1) is 10.2 Å². The average molecular weight is 244 g/mol. The standard InChI is InChI=1S/C12H16N6/c1-3-11(12-14-16-17-15-12)4-2-10(1)9-18-7-5-13-6-8-18/h1-4,13H,5-9H2,(H,14,15,16,17). The van der Waals surface area contributed by atoms with Gasteiger partial charge in [-0.05, 0) is 10.8 Å². The van der Waals surface area contributed by atoms with E-state index in [9.17, 15) is 0 Å². The van der Waals surface area contributed by atoms with E-state index >= 15 is 0 Å². The van der Waals surface area contributed by atoms with Gasteiger partial charge in [-0.1, -0.05) is 24.3 Å². The fourth-order valence-electron chi connectivity index (χ4n) is 2.17. The number of benzene rings is 1. The summed E-state index contributed by atoms with van der Waals surface area (Å²) in [5, 5.41) is 17.3. The molecule has 1 saturated heterocycles. The van der Waals surface area contributed by atoms with Gasteiger partial charge < -0.3 is 5.32 Å². The molecule has 0 spiro atoms. The molecule has 1 aliphatic rings. The first kappa shape index (κ1) is 11.3. The molecule has 0 amide bonds. The van der Waals surface area contributed by atoms with Gasteiger partial charge in [-0.25, -0.2) is 0 Å². The highest BCUT2D eigenvalue weighted by molar-refractivity contribution is 5.54. The van der Waals surface area contributed by atoms with Gasteiger partial charge in [0.25, 0.3) is 0 Å². The van der Waals surface area contributed by atoms with Gasteiger partial charge in [0.2, 0.25) is 5.82 Å². The molecule has 0 unspecified atom stereocenters. The van der Waals surface area contributed by atoms with Crippen LogP contribution >= 0.6 is 0 Å². The Labute approximate surface area is 105 Å². The Balaban J connectivity index is 1.67. The predicted molar refractivity (Wildman–Crippen MR) is 67.8 cm³/mol. The highest BCUT2D eigenvalue weighted by Crippen LogP contribution is 2.15. The van der Waals surface area contributed by atoms with Gasteiger partial charge in [0.15, 0.2) is 0 Å². The summed E-state index contributed by atoms with van der Waals surface area (Å²) in [5.41, 5.74) is 2.32. The third-order valence-electron chi connectivity index (χ3n) is 3.17. The van der Waals surface area contributed by atoms with Gasteiger partial charge in [0, 0.05) is 38.3 Å². The third-order valence-corrected chi connectivity index (χ3v) is 3.17. The number of aromatic nitrogens is 4. The lowest BCUT2D eigenvalue weighted by atomic mass is 10.1. The molecule has 0 aliphatic carbocycles. The van der Waals surface area contributed by atoms with E-state index in [1.165, 1.54) is 5.56 Å². The second-order valence-corrected chi connectivity index (χ2v) is 4.46. The van der Waals surface area contributed by atoms with E-state index in [-0.39, 0.29) is 0 Å². The summed E-state index contributed by atoms with van der Waals surface area (Å²) in [6.07, 6.45) is 0. The minimum Gasteiger partial charge on any atom is -0.314 e. The summed E-state index contributed by atoms with van der Waals surface area (Å²) in [6, 6.07) is 8.35. The Kier molecular flexibility index (Phi) is 3.29. The zero-order valence-electron chi connectivity index (χ0n) is 10.1. The molecule has 6 heteroatoms. The molecule has 1 fully saturated rings. The van der Waals surface area contributed by atoms with Crippen LogP contribution in [0.3, 0.4) is 0 Å². The van der Waals surface area contributed by atoms with Crippen LogP contribution in [-0.4, -0.2) is 51.7 Å². The Morgan fingerprint density at radius 1 is 1.11 bits per heavy atom. The summed E-state index contributed by atoms with van der Waals surface area (Å²) in [6.45, 7) is 5.41. The molecule has 1 aromatic heterocycles. The van der Waals surface area contributed by atoms with Crippen LogP contribution in [0.4, 0.5) is 0 Å². The first-order valence-electron chi connectivity index (χ1n) is 6.18. The van der Waals surface area contributed by atoms with Crippen LogP contribution in [0.2, 0.25) is 0 Å². The van der Waals surface area contributed by atoms with Gasteiger partial charge >= 0.3 is 0 Å². The molecular weight excluding hydrogens is 228 g/mol. The highest BCUT2D eigenvalue weighted by atomic mass is 15.5. The Hall–Kier alpha value is -1.79. The van der Waals surface area contributed by atoms with Crippen LogP contribution in [-0.2, 0) is 6.54 Å². The van der Waals surface area contributed by atoms with E-state index < -0.39 is 0 Å². The average Bonchev–Trinajstić information content (AvgIpc) is 2.95. The maximum atomic E-state index is 3.97. The van der Waals surface area contributed by atoms with Crippen LogP contribution in [0.25, 0.3) is 11.4 Å². The molecule has 2 heterocycles. The molecule has 1 aliphatic heterocycles. The second kappa shape index (κ2) is 5.24. The summed E-state index contributed by atoms with van der Waals surface area (Å²) in [5.74, 6) is 0.642. The van der Waals surface area contributed by atoms with Crippen molar-refractivity contribution < 1.29 is 0 Å². The molecule has 94 valence electrons. The van der Waals surface area contributed by atoms with Crippen molar-refractivity contribution in [2.45, 2.75) is 6.54 Å². The number of hydrogen-bond acceptors (Lipinski definition) is 5. The summed E-state index contributed by atoms with van der Waals surface area (Å²) >= 11 is 0. The Bertz CT molecular complexity index is 472. The number of tetrazole rings is 1. The van der Waals surface area contributed by atoms with Crippen LogP contribution in [0.1, 0.15) is 5.56 Å². The van der Waals surface area contributed by atoms with E-state index in [0.717, 1.165) is 38.3 Å². The molecule has 0 radical (unpaired) electrons. The number of rotatable bonds is 3. The van der Waals surface area contributed by atoms with Crippen molar-refractivity contribution in [1.29, 1.82) is 0 Å². The van der Waals surface area contributed by atoms with Crippen molar-refractivity contribution in [3.05, 3.63) is 29.8 Å². The van der Waals surface area contributed by atoms with Crippen LogP contribution in [0.15, 0.2) is 24.3 Å². The van der Waals surface area contributed by atoms with Crippen molar-refractivity contribution >= 4 is 0 Å².